The Morgan fingerprint density at radius 3 is 2.59 bits per heavy atom. The Morgan fingerprint density at radius 1 is 1.03 bits per heavy atom. The molecule has 0 bridgehead atoms. The van der Waals surface area contributed by atoms with Crippen LogP contribution in [0.25, 0.3) is 0 Å². The summed E-state index contributed by atoms with van der Waals surface area (Å²) >= 11 is 1.77. The van der Waals surface area contributed by atoms with Crippen LogP contribution >= 0.6 is 11.8 Å². The second-order valence-corrected chi connectivity index (χ2v) is 8.16. The molecule has 5 heteroatoms. The summed E-state index contributed by atoms with van der Waals surface area (Å²) in [6, 6.07) is 25.9. The smallest absolute Gasteiger partial charge is 0.323 e. The summed E-state index contributed by atoms with van der Waals surface area (Å²) in [7, 11) is 0. The third kappa shape index (κ3) is 4.57. The van der Waals surface area contributed by atoms with E-state index in [1.54, 1.807) is 11.8 Å². The molecule has 2 amide bonds. The number of aryl methyl sites for hydroxylation is 1. The van der Waals surface area contributed by atoms with Gasteiger partial charge >= 0.3 is 6.03 Å². The highest BCUT2D eigenvalue weighted by atomic mass is 32.2. The molecule has 1 saturated heterocycles. The van der Waals surface area contributed by atoms with E-state index in [1.807, 2.05) is 72.5 Å². The fraction of sp³-hybridized carbons (Fsp3) is 0.208. The molecule has 1 heterocycles. The highest BCUT2D eigenvalue weighted by molar-refractivity contribution is 7.99. The number of hydrogen-bond acceptors (Lipinski definition) is 3. The van der Waals surface area contributed by atoms with E-state index in [0.29, 0.717) is 13.2 Å². The van der Waals surface area contributed by atoms with Gasteiger partial charge in [-0.1, -0.05) is 66.7 Å². The monoisotopic (exact) mass is 404 g/mol. The molecule has 29 heavy (non-hydrogen) atoms. The van der Waals surface area contributed by atoms with Crippen molar-refractivity contribution in [2.75, 3.05) is 17.6 Å². The number of nitrogens with one attached hydrogen (secondary N) is 1. The van der Waals surface area contributed by atoms with E-state index >= 15 is 0 Å². The second kappa shape index (κ2) is 9.05. The lowest BCUT2D eigenvalue weighted by molar-refractivity contribution is 0.213. The molecule has 3 aromatic rings. The maximum atomic E-state index is 13.0. The van der Waals surface area contributed by atoms with Crippen LogP contribution in [0, 0.1) is 6.92 Å². The zero-order valence-electron chi connectivity index (χ0n) is 16.4. The molecule has 0 unspecified atom stereocenters. The van der Waals surface area contributed by atoms with Gasteiger partial charge in [0.05, 0.1) is 0 Å². The van der Waals surface area contributed by atoms with Crippen molar-refractivity contribution in [1.82, 2.24) is 4.90 Å². The minimum atomic E-state index is -0.0767. The molecule has 3 aromatic carbocycles. The summed E-state index contributed by atoms with van der Waals surface area (Å²) in [4.78, 5) is 14.9. The van der Waals surface area contributed by atoms with Gasteiger partial charge < -0.3 is 15.0 Å². The molecule has 148 valence electrons. The van der Waals surface area contributed by atoms with Gasteiger partial charge in [-0.05, 0) is 30.2 Å². The van der Waals surface area contributed by atoms with E-state index in [9.17, 15) is 4.79 Å². The quantitative estimate of drug-likeness (QED) is 0.580. The van der Waals surface area contributed by atoms with Crippen LogP contribution < -0.4 is 10.1 Å². The number of nitrogens with zero attached hydrogens (tertiary/aromatic N) is 1. The van der Waals surface area contributed by atoms with E-state index in [-0.39, 0.29) is 11.4 Å². The van der Waals surface area contributed by atoms with Gasteiger partial charge in [0.1, 0.15) is 17.7 Å². The lowest BCUT2D eigenvalue weighted by atomic mass is 10.1. The van der Waals surface area contributed by atoms with Gasteiger partial charge in [0, 0.05) is 23.5 Å². The number of hydrogen-bond donors (Lipinski definition) is 1. The number of benzene rings is 3. The van der Waals surface area contributed by atoms with Gasteiger partial charge in [0.15, 0.2) is 0 Å². The van der Waals surface area contributed by atoms with Gasteiger partial charge in [-0.2, -0.15) is 0 Å². The number of amides is 2. The summed E-state index contributed by atoms with van der Waals surface area (Å²) in [6.45, 7) is 3.21. The zero-order chi connectivity index (χ0) is 20.1. The first-order valence-electron chi connectivity index (χ1n) is 9.73. The van der Waals surface area contributed by atoms with Crippen LogP contribution in [0.1, 0.15) is 22.1 Å². The van der Waals surface area contributed by atoms with Crippen LogP contribution in [0.5, 0.6) is 5.75 Å². The maximum Gasteiger partial charge on any atom is 0.323 e. The minimum Gasteiger partial charge on any atom is -0.489 e. The molecular weight excluding hydrogens is 380 g/mol. The molecule has 0 aliphatic carbocycles. The van der Waals surface area contributed by atoms with Crippen LogP contribution in [-0.2, 0) is 6.61 Å². The van der Waals surface area contributed by atoms with Crippen molar-refractivity contribution in [3.8, 4) is 5.75 Å². The number of carbonyl (C=O) groups excluding carboxylic acids is 1. The largest absolute Gasteiger partial charge is 0.489 e. The number of carbonyl (C=O) groups is 1. The maximum absolute atomic E-state index is 13.0. The average Bonchev–Trinajstić information content (AvgIpc) is 3.25. The number of rotatable bonds is 5. The van der Waals surface area contributed by atoms with Crippen LogP contribution in [0.15, 0.2) is 78.9 Å². The number of para-hydroxylation sites is 2. The first-order chi connectivity index (χ1) is 14.2. The van der Waals surface area contributed by atoms with Gasteiger partial charge in [-0.25, -0.2) is 4.79 Å². The van der Waals surface area contributed by atoms with Crippen molar-refractivity contribution in [3.05, 3.63) is 95.6 Å². The SMILES string of the molecule is Cc1ccccc1NC(=O)N1CCS[C@H]1c1ccccc1OCc1ccccc1. The van der Waals surface area contributed by atoms with E-state index < -0.39 is 0 Å². The Kier molecular flexibility index (Phi) is 6.06. The third-order valence-electron chi connectivity index (χ3n) is 4.96. The second-order valence-electron chi connectivity index (χ2n) is 6.97. The topological polar surface area (TPSA) is 41.6 Å². The first kappa shape index (κ1) is 19.4. The predicted molar refractivity (Wildman–Crippen MR) is 119 cm³/mol. The van der Waals surface area contributed by atoms with Crippen molar-refractivity contribution in [2.45, 2.75) is 18.9 Å². The van der Waals surface area contributed by atoms with Crippen molar-refractivity contribution in [3.63, 3.8) is 0 Å². The molecule has 0 radical (unpaired) electrons. The van der Waals surface area contributed by atoms with Crippen LogP contribution in [-0.4, -0.2) is 23.2 Å². The zero-order valence-corrected chi connectivity index (χ0v) is 17.2. The average molecular weight is 405 g/mol. The van der Waals surface area contributed by atoms with E-state index in [1.165, 1.54) is 0 Å². The lowest BCUT2D eigenvalue weighted by Crippen LogP contribution is -2.34. The Labute approximate surface area is 175 Å². The molecule has 1 N–H and O–H groups in total. The highest BCUT2D eigenvalue weighted by Crippen LogP contribution is 2.42. The number of urea groups is 1. The Morgan fingerprint density at radius 2 is 1.76 bits per heavy atom. The Bertz CT molecular complexity index is 977. The molecule has 0 aromatic heterocycles. The van der Waals surface area contributed by atoms with Gasteiger partial charge in [0.2, 0.25) is 0 Å². The molecule has 1 fully saturated rings. The fourth-order valence-electron chi connectivity index (χ4n) is 3.39. The molecule has 1 aliphatic rings. The minimum absolute atomic E-state index is 0.0639. The molecule has 0 spiro atoms. The molecular formula is C24H24N2O2S. The van der Waals surface area contributed by atoms with E-state index in [0.717, 1.165) is 33.9 Å². The van der Waals surface area contributed by atoms with Gasteiger partial charge in [-0.3, -0.25) is 0 Å². The fourth-order valence-corrected chi connectivity index (χ4v) is 4.67. The van der Waals surface area contributed by atoms with Crippen LogP contribution in [0.3, 0.4) is 0 Å². The van der Waals surface area contributed by atoms with E-state index in [4.69, 9.17) is 4.74 Å². The highest BCUT2D eigenvalue weighted by Gasteiger charge is 2.32. The summed E-state index contributed by atoms with van der Waals surface area (Å²) in [5.41, 5.74) is 4.05. The van der Waals surface area contributed by atoms with Gasteiger partial charge in [0.25, 0.3) is 0 Å². The Hall–Kier alpha value is -2.92. The number of anilines is 1. The lowest BCUT2D eigenvalue weighted by Gasteiger charge is -2.26. The molecule has 0 saturated carbocycles. The molecule has 1 atom stereocenters. The molecule has 1 aliphatic heterocycles. The number of ether oxygens (including phenoxy) is 1. The van der Waals surface area contributed by atoms with Gasteiger partial charge in [-0.15, -0.1) is 11.8 Å². The van der Waals surface area contributed by atoms with Crippen molar-refractivity contribution >= 4 is 23.5 Å². The summed E-state index contributed by atoms with van der Waals surface area (Å²) < 4.78 is 6.13. The van der Waals surface area contributed by atoms with Crippen LogP contribution in [0.4, 0.5) is 10.5 Å². The van der Waals surface area contributed by atoms with Crippen molar-refractivity contribution < 1.29 is 9.53 Å². The van der Waals surface area contributed by atoms with E-state index in [2.05, 4.69) is 23.5 Å². The van der Waals surface area contributed by atoms with Crippen molar-refractivity contribution in [1.29, 1.82) is 0 Å². The molecule has 4 nitrogen and oxygen atoms in total. The number of thioether (sulfide) groups is 1. The first-order valence-corrected chi connectivity index (χ1v) is 10.8. The summed E-state index contributed by atoms with van der Waals surface area (Å²) in [5, 5.41) is 3.00. The summed E-state index contributed by atoms with van der Waals surface area (Å²) in [6.07, 6.45) is 0. The standard InChI is InChI=1S/C24H24N2O2S/c1-18-9-5-7-13-21(18)25-24(27)26-15-16-29-23(26)20-12-6-8-14-22(20)28-17-19-10-3-2-4-11-19/h2-14,23H,15-17H2,1H3,(H,25,27)/t23-/m0/s1. The predicted octanol–water partition coefficient (Wildman–Crippen LogP) is 5.85. The normalized spacial score (nSPS) is 15.9. The molecule has 4 rings (SSSR count). The van der Waals surface area contributed by atoms with Crippen LogP contribution in [0.2, 0.25) is 0 Å². The van der Waals surface area contributed by atoms with Crippen molar-refractivity contribution in [2.24, 2.45) is 0 Å². The summed E-state index contributed by atoms with van der Waals surface area (Å²) in [5.74, 6) is 1.73. The third-order valence-corrected chi connectivity index (χ3v) is 6.20. The Balaban J connectivity index is 1.51.